The van der Waals surface area contributed by atoms with Crippen LogP contribution in [0.5, 0.6) is 0 Å². The molecule has 0 spiro atoms. The molecule has 86 valence electrons. The van der Waals surface area contributed by atoms with Gasteiger partial charge in [0.2, 0.25) is 10.0 Å². The first-order valence-electron chi connectivity index (χ1n) is 3.75. The summed E-state index contributed by atoms with van der Waals surface area (Å²) >= 11 is 5.14. The van der Waals surface area contributed by atoms with Crippen LogP contribution in [0.15, 0.2) is 0 Å². The molecule has 0 bridgehead atoms. The summed E-state index contributed by atoms with van der Waals surface area (Å²) in [5, 5.41) is -0.577. The number of sulfone groups is 1. The summed E-state index contributed by atoms with van der Waals surface area (Å²) < 4.78 is 45.2. The Bertz CT molecular complexity index is 384. The largest absolute Gasteiger partial charge is 0.229 e. The van der Waals surface area contributed by atoms with Gasteiger partial charge in [-0.2, -0.15) is 0 Å². The summed E-state index contributed by atoms with van der Waals surface area (Å²) in [7, 11) is -6.87. The summed E-state index contributed by atoms with van der Waals surface area (Å²) in [6.45, 7) is 2.71. The maximum atomic E-state index is 11.2. The fraction of sp³-hybridized carbons (Fsp3) is 1.00. The van der Waals surface area contributed by atoms with E-state index in [0.29, 0.717) is 0 Å². The molecule has 0 rings (SSSR count). The Labute approximate surface area is 89.8 Å². The molecule has 0 saturated heterocycles. The van der Waals surface area contributed by atoms with Gasteiger partial charge in [0.05, 0.1) is 4.75 Å². The quantitative estimate of drug-likeness (QED) is 0.704. The standard InChI is InChI=1S/C6H14ClNO4S2/c1-6(2,13(3,9)10)4-8-14(11,12)5-7/h8H,4-5H2,1-3H3. The zero-order valence-corrected chi connectivity index (χ0v) is 10.6. The fourth-order valence-corrected chi connectivity index (χ4v) is 1.77. The van der Waals surface area contributed by atoms with Crippen LogP contribution in [0.25, 0.3) is 0 Å². The van der Waals surface area contributed by atoms with Crippen LogP contribution in [-0.2, 0) is 19.9 Å². The molecule has 0 amide bonds. The number of hydrogen-bond donors (Lipinski definition) is 1. The molecule has 0 aromatic carbocycles. The van der Waals surface area contributed by atoms with E-state index in [1.807, 2.05) is 0 Å². The van der Waals surface area contributed by atoms with Crippen LogP contribution in [0, 0.1) is 0 Å². The minimum absolute atomic E-state index is 0.180. The predicted octanol–water partition coefficient (Wildman–Crippen LogP) is -0.0747. The van der Waals surface area contributed by atoms with E-state index in [9.17, 15) is 16.8 Å². The minimum Gasteiger partial charge on any atom is -0.229 e. The van der Waals surface area contributed by atoms with E-state index in [-0.39, 0.29) is 6.54 Å². The van der Waals surface area contributed by atoms with Gasteiger partial charge in [0.1, 0.15) is 5.21 Å². The van der Waals surface area contributed by atoms with E-state index in [2.05, 4.69) is 4.72 Å². The van der Waals surface area contributed by atoms with E-state index in [1.54, 1.807) is 0 Å². The van der Waals surface area contributed by atoms with Crippen LogP contribution < -0.4 is 4.72 Å². The van der Waals surface area contributed by atoms with Crippen LogP contribution in [0.2, 0.25) is 0 Å². The molecule has 0 aromatic rings. The minimum atomic E-state index is -3.56. The molecule has 0 saturated carbocycles. The molecule has 1 N–H and O–H groups in total. The molecule has 0 aliphatic rings. The third-order valence-corrected chi connectivity index (χ3v) is 5.75. The second-order valence-corrected chi connectivity index (χ2v) is 8.62. The van der Waals surface area contributed by atoms with Gasteiger partial charge in [0.15, 0.2) is 9.84 Å². The highest BCUT2D eigenvalue weighted by Crippen LogP contribution is 2.13. The average Bonchev–Trinajstić information content (AvgIpc) is 1.99. The number of halogens is 1. The lowest BCUT2D eigenvalue weighted by molar-refractivity contribution is 0.538. The van der Waals surface area contributed by atoms with Crippen molar-refractivity contribution in [1.29, 1.82) is 0 Å². The van der Waals surface area contributed by atoms with Crippen molar-refractivity contribution in [3.63, 3.8) is 0 Å². The third-order valence-electron chi connectivity index (χ3n) is 1.87. The number of hydrogen-bond acceptors (Lipinski definition) is 4. The van der Waals surface area contributed by atoms with Gasteiger partial charge in [-0.15, -0.1) is 11.6 Å². The maximum Gasteiger partial charge on any atom is 0.225 e. The fourth-order valence-electron chi connectivity index (χ4n) is 0.453. The molecule has 0 heterocycles. The van der Waals surface area contributed by atoms with Crippen molar-refractivity contribution < 1.29 is 16.8 Å². The van der Waals surface area contributed by atoms with Gasteiger partial charge < -0.3 is 0 Å². The van der Waals surface area contributed by atoms with Crippen LogP contribution in [0.4, 0.5) is 0 Å². The first-order valence-corrected chi connectivity index (χ1v) is 7.82. The highest BCUT2D eigenvalue weighted by molar-refractivity contribution is 7.92. The summed E-state index contributed by atoms with van der Waals surface area (Å²) in [6, 6.07) is 0. The van der Waals surface area contributed by atoms with E-state index < -0.39 is 29.8 Å². The molecule has 5 nitrogen and oxygen atoms in total. The van der Waals surface area contributed by atoms with Gasteiger partial charge in [-0.1, -0.05) is 0 Å². The molecule has 0 aliphatic heterocycles. The highest BCUT2D eigenvalue weighted by Gasteiger charge is 2.31. The Balaban J connectivity index is 4.59. The molecular weight excluding hydrogens is 250 g/mol. The Kier molecular flexibility index (Phi) is 4.39. The van der Waals surface area contributed by atoms with Gasteiger partial charge in [-0.05, 0) is 13.8 Å². The molecule has 8 heteroatoms. The zero-order chi connectivity index (χ0) is 11.6. The van der Waals surface area contributed by atoms with Crippen LogP contribution in [0.1, 0.15) is 13.8 Å². The summed E-state index contributed by atoms with van der Waals surface area (Å²) in [5.74, 6) is 0. The van der Waals surface area contributed by atoms with Gasteiger partial charge in [-0.3, -0.25) is 0 Å². The van der Waals surface area contributed by atoms with Gasteiger partial charge in [-0.25, -0.2) is 21.6 Å². The van der Waals surface area contributed by atoms with Gasteiger partial charge >= 0.3 is 0 Å². The van der Waals surface area contributed by atoms with Crippen molar-refractivity contribution >= 4 is 31.5 Å². The summed E-state index contributed by atoms with van der Waals surface area (Å²) in [4.78, 5) is 0. The molecule has 0 aliphatic carbocycles. The second-order valence-electron chi connectivity index (χ2n) is 3.58. The predicted molar refractivity (Wildman–Crippen MR) is 56.6 cm³/mol. The Morgan fingerprint density at radius 2 is 1.64 bits per heavy atom. The van der Waals surface area contributed by atoms with Crippen LogP contribution >= 0.6 is 11.6 Å². The number of rotatable bonds is 5. The zero-order valence-electron chi connectivity index (χ0n) is 8.24. The van der Waals surface area contributed by atoms with Gasteiger partial charge in [0, 0.05) is 12.8 Å². The van der Waals surface area contributed by atoms with Crippen molar-refractivity contribution in [2.75, 3.05) is 18.0 Å². The maximum absolute atomic E-state index is 11.2. The Morgan fingerprint density at radius 1 is 1.21 bits per heavy atom. The Morgan fingerprint density at radius 3 is 1.93 bits per heavy atom. The number of sulfonamides is 1. The van der Waals surface area contributed by atoms with E-state index in [4.69, 9.17) is 11.6 Å². The molecule has 0 fully saturated rings. The average molecular weight is 264 g/mol. The van der Waals surface area contributed by atoms with Crippen LogP contribution in [0.3, 0.4) is 0 Å². The van der Waals surface area contributed by atoms with Crippen LogP contribution in [-0.4, -0.2) is 39.6 Å². The van der Waals surface area contributed by atoms with E-state index in [0.717, 1.165) is 6.26 Å². The SMILES string of the molecule is CC(C)(CNS(=O)(=O)CCl)S(C)(=O)=O. The Hall–Kier alpha value is 0.150. The highest BCUT2D eigenvalue weighted by atomic mass is 35.5. The van der Waals surface area contributed by atoms with Crippen molar-refractivity contribution in [1.82, 2.24) is 4.72 Å². The molecule has 0 unspecified atom stereocenters. The normalized spacial score (nSPS) is 14.3. The lowest BCUT2D eigenvalue weighted by Gasteiger charge is -2.22. The van der Waals surface area contributed by atoms with E-state index in [1.165, 1.54) is 13.8 Å². The second kappa shape index (κ2) is 4.34. The lowest BCUT2D eigenvalue weighted by Crippen LogP contribution is -2.43. The van der Waals surface area contributed by atoms with Crippen molar-refractivity contribution in [2.24, 2.45) is 0 Å². The summed E-state index contributed by atoms with van der Waals surface area (Å²) in [6.07, 6.45) is 1.06. The topological polar surface area (TPSA) is 80.3 Å². The smallest absolute Gasteiger partial charge is 0.225 e. The molecular formula is C6H14ClNO4S2. The lowest BCUT2D eigenvalue weighted by atomic mass is 10.2. The molecule has 14 heavy (non-hydrogen) atoms. The summed E-state index contributed by atoms with van der Waals surface area (Å²) in [5.41, 5.74) is 0. The molecule has 0 radical (unpaired) electrons. The van der Waals surface area contributed by atoms with Gasteiger partial charge in [0.25, 0.3) is 0 Å². The third kappa shape index (κ3) is 4.12. The first-order chi connectivity index (χ1) is 6.02. The van der Waals surface area contributed by atoms with Crippen molar-refractivity contribution in [2.45, 2.75) is 18.6 Å². The monoisotopic (exact) mass is 263 g/mol. The molecule has 0 aromatic heterocycles. The molecule has 0 atom stereocenters. The number of nitrogens with one attached hydrogen (secondary N) is 1. The van der Waals surface area contributed by atoms with Crippen molar-refractivity contribution in [3.8, 4) is 0 Å². The number of alkyl halides is 1. The van der Waals surface area contributed by atoms with E-state index >= 15 is 0 Å². The van der Waals surface area contributed by atoms with Crippen molar-refractivity contribution in [3.05, 3.63) is 0 Å². The first kappa shape index (κ1) is 14.2.